The highest BCUT2D eigenvalue weighted by molar-refractivity contribution is 6.32. The van der Waals surface area contributed by atoms with Gasteiger partial charge in [-0.25, -0.2) is 9.59 Å². The van der Waals surface area contributed by atoms with Crippen LogP contribution in [0.15, 0.2) is 30.3 Å². The number of halogens is 1. The van der Waals surface area contributed by atoms with Crippen LogP contribution in [-0.4, -0.2) is 68.8 Å². The number of fused-ring (bicyclic) bond motifs is 2. The Morgan fingerprint density at radius 3 is 2.76 bits per heavy atom. The smallest absolute Gasteiger partial charge is 0.415 e. The van der Waals surface area contributed by atoms with Crippen molar-refractivity contribution in [3.63, 3.8) is 0 Å². The molecule has 1 amide bonds. The first kappa shape index (κ1) is 23.4. The highest BCUT2D eigenvalue weighted by atomic mass is 35.5. The molecule has 0 N–H and O–H groups in total. The van der Waals surface area contributed by atoms with Gasteiger partial charge in [0.2, 0.25) is 0 Å². The standard InChI is InChI=1S/C25H29ClN2O5/c1-15(24(29)31-4)28(3)25(30)33-22-13-19-17(12-21(22)26)8-10-27(2)14-20(19)18-7-5-6-16-9-11-32-23(16)18/h5-7,12-13,15,20H,8-11,14H2,1-4H3/t15-,20?/m0/s1. The molecule has 0 bridgehead atoms. The van der Waals surface area contributed by atoms with Gasteiger partial charge in [0.25, 0.3) is 0 Å². The van der Waals surface area contributed by atoms with Gasteiger partial charge in [0.15, 0.2) is 5.75 Å². The normalized spacial score (nSPS) is 18.4. The molecule has 0 radical (unpaired) electrons. The fourth-order valence-corrected chi connectivity index (χ4v) is 4.70. The van der Waals surface area contributed by atoms with Crippen molar-refractivity contribution >= 4 is 23.7 Å². The summed E-state index contributed by atoms with van der Waals surface area (Å²) in [5.74, 6) is 0.752. The van der Waals surface area contributed by atoms with Crippen molar-refractivity contribution < 1.29 is 23.8 Å². The predicted octanol–water partition coefficient (Wildman–Crippen LogP) is 3.89. The Kier molecular flexibility index (Phi) is 6.81. The lowest BCUT2D eigenvalue weighted by Gasteiger charge is -2.25. The largest absolute Gasteiger partial charge is 0.493 e. The Morgan fingerprint density at radius 1 is 1.21 bits per heavy atom. The van der Waals surface area contributed by atoms with Gasteiger partial charge < -0.3 is 19.1 Å². The molecule has 2 atom stereocenters. The average molecular weight is 473 g/mol. The molecule has 2 aliphatic rings. The first-order valence-electron chi connectivity index (χ1n) is 11.1. The van der Waals surface area contributed by atoms with E-state index in [1.807, 2.05) is 12.1 Å². The van der Waals surface area contributed by atoms with Crippen LogP contribution in [0.3, 0.4) is 0 Å². The Morgan fingerprint density at radius 2 is 2.00 bits per heavy atom. The van der Waals surface area contributed by atoms with E-state index in [1.54, 1.807) is 6.92 Å². The van der Waals surface area contributed by atoms with Crippen LogP contribution in [-0.2, 0) is 22.4 Å². The third-order valence-electron chi connectivity index (χ3n) is 6.55. The number of hydrogen-bond donors (Lipinski definition) is 0. The summed E-state index contributed by atoms with van der Waals surface area (Å²) in [5, 5.41) is 0.360. The van der Waals surface area contributed by atoms with Crippen molar-refractivity contribution in [1.82, 2.24) is 9.80 Å². The molecular weight excluding hydrogens is 444 g/mol. The van der Waals surface area contributed by atoms with E-state index in [0.717, 1.165) is 48.4 Å². The van der Waals surface area contributed by atoms with Crippen molar-refractivity contribution in [3.8, 4) is 11.5 Å². The summed E-state index contributed by atoms with van der Waals surface area (Å²) >= 11 is 6.53. The molecule has 0 fully saturated rings. The van der Waals surface area contributed by atoms with Gasteiger partial charge in [0.05, 0.1) is 18.7 Å². The summed E-state index contributed by atoms with van der Waals surface area (Å²) in [6.45, 7) is 3.97. The zero-order valence-electron chi connectivity index (χ0n) is 19.4. The van der Waals surface area contributed by atoms with Gasteiger partial charge in [-0.3, -0.25) is 4.90 Å². The SMILES string of the molecule is COC(=O)[C@H](C)N(C)C(=O)Oc1cc2c(cc1Cl)CCN(C)CC2c1cccc2c1OCC2. The predicted molar refractivity (Wildman–Crippen MR) is 125 cm³/mol. The van der Waals surface area contributed by atoms with Crippen LogP contribution in [0.5, 0.6) is 11.5 Å². The minimum atomic E-state index is -0.785. The fraction of sp³-hybridized carbons (Fsp3) is 0.440. The molecule has 8 heteroatoms. The van der Waals surface area contributed by atoms with Crippen LogP contribution in [0, 0.1) is 0 Å². The van der Waals surface area contributed by atoms with Gasteiger partial charge in [-0.2, -0.15) is 0 Å². The highest BCUT2D eigenvalue weighted by Gasteiger charge is 2.30. The number of nitrogens with zero attached hydrogens (tertiary/aromatic N) is 2. The van der Waals surface area contributed by atoms with Gasteiger partial charge in [0, 0.05) is 38.0 Å². The number of rotatable bonds is 4. The lowest BCUT2D eigenvalue weighted by atomic mass is 9.86. The van der Waals surface area contributed by atoms with E-state index in [0.29, 0.717) is 11.6 Å². The minimum absolute atomic E-state index is 0.0435. The average Bonchev–Trinajstić information content (AvgIpc) is 3.24. The van der Waals surface area contributed by atoms with Gasteiger partial charge in [-0.15, -0.1) is 0 Å². The summed E-state index contributed by atoms with van der Waals surface area (Å²) in [7, 11) is 4.88. The lowest BCUT2D eigenvalue weighted by molar-refractivity contribution is -0.145. The summed E-state index contributed by atoms with van der Waals surface area (Å²) < 4.78 is 16.4. The van der Waals surface area contributed by atoms with Crippen molar-refractivity contribution in [2.24, 2.45) is 0 Å². The molecule has 0 aromatic heterocycles. The number of likely N-dealkylation sites (N-methyl/N-ethyl adjacent to an activating group) is 2. The third-order valence-corrected chi connectivity index (χ3v) is 6.85. The molecule has 0 aliphatic carbocycles. The second-order valence-corrected chi connectivity index (χ2v) is 9.07. The molecule has 1 unspecified atom stereocenters. The molecule has 176 valence electrons. The van der Waals surface area contributed by atoms with E-state index in [4.69, 9.17) is 25.8 Å². The maximum absolute atomic E-state index is 12.7. The first-order chi connectivity index (χ1) is 15.8. The molecule has 0 saturated carbocycles. The van der Waals surface area contributed by atoms with Crippen LogP contribution < -0.4 is 9.47 Å². The molecule has 0 saturated heterocycles. The summed E-state index contributed by atoms with van der Waals surface area (Å²) in [6.07, 6.45) is 1.07. The number of carbonyl (C=O) groups excluding carboxylic acids is 2. The van der Waals surface area contributed by atoms with Crippen molar-refractivity contribution in [2.75, 3.05) is 40.9 Å². The maximum Gasteiger partial charge on any atom is 0.415 e. The van der Waals surface area contributed by atoms with Gasteiger partial charge in [-0.1, -0.05) is 29.8 Å². The van der Waals surface area contributed by atoms with E-state index in [-0.39, 0.29) is 11.7 Å². The Bertz CT molecular complexity index is 1070. The second-order valence-electron chi connectivity index (χ2n) is 8.66. The monoisotopic (exact) mass is 472 g/mol. The van der Waals surface area contributed by atoms with E-state index < -0.39 is 18.1 Å². The van der Waals surface area contributed by atoms with E-state index in [2.05, 4.69) is 30.1 Å². The fourth-order valence-electron chi connectivity index (χ4n) is 4.48. The zero-order valence-corrected chi connectivity index (χ0v) is 20.1. The van der Waals surface area contributed by atoms with Crippen LogP contribution in [0.2, 0.25) is 5.02 Å². The summed E-state index contributed by atoms with van der Waals surface area (Å²) in [6, 6.07) is 9.27. The summed E-state index contributed by atoms with van der Waals surface area (Å²) in [4.78, 5) is 28.0. The number of esters is 1. The molecule has 33 heavy (non-hydrogen) atoms. The molecule has 2 heterocycles. The van der Waals surface area contributed by atoms with Crippen LogP contribution in [0.4, 0.5) is 4.79 Å². The maximum atomic E-state index is 12.7. The van der Waals surface area contributed by atoms with E-state index >= 15 is 0 Å². The van der Waals surface area contributed by atoms with Gasteiger partial charge in [0.1, 0.15) is 11.8 Å². The molecule has 2 aromatic carbocycles. The van der Waals surface area contributed by atoms with Gasteiger partial charge >= 0.3 is 12.1 Å². The topological polar surface area (TPSA) is 68.3 Å². The Balaban J connectivity index is 1.70. The van der Waals surface area contributed by atoms with Crippen LogP contribution in [0.1, 0.15) is 35.1 Å². The lowest BCUT2D eigenvalue weighted by Crippen LogP contribution is -2.42. The quantitative estimate of drug-likeness (QED) is 0.629. The van der Waals surface area contributed by atoms with Crippen molar-refractivity contribution in [2.45, 2.75) is 31.7 Å². The number of carbonyl (C=O) groups is 2. The second kappa shape index (κ2) is 9.61. The molecule has 0 spiro atoms. The number of benzene rings is 2. The van der Waals surface area contributed by atoms with Crippen LogP contribution >= 0.6 is 11.6 Å². The molecule has 4 rings (SSSR count). The van der Waals surface area contributed by atoms with Crippen molar-refractivity contribution in [1.29, 1.82) is 0 Å². The van der Waals surface area contributed by atoms with Crippen molar-refractivity contribution in [3.05, 3.63) is 57.6 Å². The molecule has 7 nitrogen and oxygen atoms in total. The number of hydrogen-bond acceptors (Lipinski definition) is 6. The Labute approximate surface area is 199 Å². The highest BCUT2D eigenvalue weighted by Crippen LogP contribution is 2.42. The zero-order chi connectivity index (χ0) is 23.7. The summed E-state index contributed by atoms with van der Waals surface area (Å²) in [5.41, 5.74) is 4.55. The van der Waals surface area contributed by atoms with Crippen LogP contribution in [0.25, 0.3) is 0 Å². The molecule has 2 aromatic rings. The molecular formula is C25H29ClN2O5. The van der Waals surface area contributed by atoms with Gasteiger partial charge in [-0.05, 0) is 49.2 Å². The van der Waals surface area contributed by atoms with E-state index in [9.17, 15) is 9.59 Å². The molecule has 2 aliphatic heterocycles. The van der Waals surface area contributed by atoms with E-state index in [1.165, 1.54) is 24.6 Å². The number of amides is 1. The number of methoxy groups -OCH3 is 1. The third kappa shape index (κ3) is 4.66. The first-order valence-corrected chi connectivity index (χ1v) is 11.5. The number of para-hydroxylation sites is 1. The number of ether oxygens (including phenoxy) is 3. The Hall–Kier alpha value is -2.77. The minimum Gasteiger partial charge on any atom is -0.493 e.